The van der Waals surface area contributed by atoms with Gasteiger partial charge in [-0.05, 0) is 60.3 Å². The van der Waals surface area contributed by atoms with Crippen LogP contribution in [-0.4, -0.2) is 24.5 Å². The second kappa shape index (κ2) is 7.63. The summed E-state index contributed by atoms with van der Waals surface area (Å²) in [6, 6.07) is 3.34. The Balaban J connectivity index is 1.96. The van der Waals surface area contributed by atoms with Crippen LogP contribution in [0.25, 0.3) is 0 Å². The molecule has 0 aliphatic carbocycles. The number of benzene rings is 2. The third kappa shape index (κ3) is 4.05. The van der Waals surface area contributed by atoms with Gasteiger partial charge in [0, 0.05) is 0 Å². The first-order valence-electron chi connectivity index (χ1n) is 9.95. The van der Waals surface area contributed by atoms with Gasteiger partial charge in [-0.15, -0.1) is 0 Å². The van der Waals surface area contributed by atoms with Crippen LogP contribution in [0.1, 0.15) is 47.8 Å². The molecule has 0 saturated heterocycles. The molecular weight excluding hydrogens is 496 g/mol. The van der Waals surface area contributed by atoms with E-state index in [1.165, 1.54) is 26.0 Å². The lowest BCUT2D eigenvalue weighted by Gasteiger charge is -2.35. The van der Waals surface area contributed by atoms with E-state index in [2.05, 4.69) is 5.16 Å². The fourth-order valence-corrected chi connectivity index (χ4v) is 4.33. The van der Waals surface area contributed by atoms with Crippen LogP contribution in [0, 0.1) is 0 Å². The summed E-state index contributed by atoms with van der Waals surface area (Å²) in [6.07, 6.45) is -18.1. The van der Waals surface area contributed by atoms with Crippen molar-refractivity contribution in [2.75, 3.05) is 0 Å². The van der Waals surface area contributed by atoms with Gasteiger partial charge in [0.05, 0.1) is 22.9 Å². The number of hydrogen-bond acceptors (Lipinski definition) is 4. The maximum absolute atomic E-state index is 14.6. The Hall–Kier alpha value is -2.74. The standard InChI is InChI=1S/C21H15BF9NO3/c1-17(2)14-5-10(3-4-15(14)22(33)35-17)16-18(9-32-34-16,21(29,30)31)11-6-12(19(23,24)25)8-13(7-11)20(26,27)28/h3-9,16,33H,1-2H3. The van der Waals surface area contributed by atoms with Crippen LogP contribution in [0.5, 0.6) is 0 Å². The molecule has 0 bridgehead atoms. The number of alkyl halides is 9. The van der Waals surface area contributed by atoms with E-state index in [1.807, 2.05) is 0 Å². The lowest BCUT2D eigenvalue weighted by Crippen LogP contribution is -2.47. The van der Waals surface area contributed by atoms with Crippen molar-refractivity contribution >= 4 is 18.8 Å². The molecule has 2 aliphatic rings. The first-order valence-corrected chi connectivity index (χ1v) is 9.95. The molecule has 0 spiro atoms. The van der Waals surface area contributed by atoms with Crippen molar-refractivity contribution in [2.45, 2.75) is 49.5 Å². The maximum atomic E-state index is 14.6. The summed E-state index contributed by atoms with van der Waals surface area (Å²) in [6.45, 7) is 3.05. The van der Waals surface area contributed by atoms with Crippen LogP contribution >= 0.6 is 0 Å². The molecule has 188 valence electrons. The Morgan fingerprint density at radius 3 is 1.97 bits per heavy atom. The first kappa shape index (κ1) is 25.4. The SMILES string of the molecule is CC1(C)OB(O)c2ccc(C3ON=CC3(c3cc(C(F)(F)F)cc(C(F)(F)F)c3)C(F)(F)F)cc21. The summed E-state index contributed by atoms with van der Waals surface area (Å²) in [7, 11) is -1.38. The lowest BCUT2D eigenvalue weighted by molar-refractivity contribution is -0.193. The van der Waals surface area contributed by atoms with E-state index in [0.717, 1.165) is 6.07 Å². The van der Waals surface area contributed by atoms with Gasteiger partial charge in [-0.1, -0.05) is 17.3 Å². The molecule has 4 rings (SSSR count). The van der Waals surface area contributed by atoms with Crippen molar-refractivity contribution in [1.29, 1.82) is 0 Å². The Morgan fingerprint density at radius 1 is 0.886 bits per heavy atom. The molecule has 2 aromatic rings. The predicted octanol–water partition coefficient (Wildman–Crippen LogP) is 5.23. The highest BCUT2D eigenvalue weighted by atomic mass is 19.4. The topological polar surface area (TPSA) is 51.0 Å². The molecule has 0 amide bonds. The van der Waals surface area contributed by atoms with Crippen molar-refractivity contribution in [3.8, 4) is 0 Å². The van der Waals surface area contributed by atoms with Gasteiger partial charge < -0.3 is 14.5 Å². The van der Waals surface area contributed by atoms with Gasteiger partial charge in [0.1, 0.15) is 0 Å². The van der Waals surface area contributed by atoms with Gasteiger partial charge in [-0.3, -0.25) is 0 Å². The van der Waals surface area contributed by atoms with E-state index in [0.29, 0.717) is 0 Å². The van der Waals surface area contributed by atoms with E-state index in [1.54, 1.807) is 0 Å². The minimum absolute atomic E-state index is 0.0145. The molecular formula is C21H15BF9NO3. The molecule has 1 N–H and O–H groups in total. The molecule has 2 heterocycles. The molecule has 4 nitrogen and oxygen atoms in total. The molecule has 2 unspecified atom stereocenters. The maximum Gasteiger partial charge on any atom is 0.492 e. The summed E-state index contributed by atoms with van der Waals surface area (Å²) in [5.41, 5.74) is -9.50. The highest BCUT2D eigenvalue weighted by Crippen LogP contribution is 2.54. The third-order valence-electron chi connectivity index (χ3n) is 6.07. The quantitative estimate of drug-likeness (QED) is 0.444. The summed E-state index contributed by atoms with van der Waals surface area (Å²) >= 11 is 0. The molecule has 2 aliphatic heterocycles. The van der Waals surface area contributed by atoms with Gasteiger partial charge in [0.15, 0.2) is 11.5 Å². The first-order chi connectivity index (χ1) is 15.9. The average molecular weight is 511 g/mol. The van der Waals surface area contributed by atoms with Crippen molar-refractivity contribution in [1.82, 2.24) is 0 Å². The molecule has 14 heteroatoms. The van der Waals surface area contributed by atoms with E-state index in [4.69, 9.17) is 9.49 Å². The summed E-state index contributed by atoms with van der Waals surface area (Å²) in [4.78, 5) is 4.93. The average Bonchev–Trinajstić information content (AvgIpc) is 3.26. The van der Waals surface area contributed by atoms with Crippen LogP contribution < -0.4 is 5.46 Å². The molecule has 0 aromatic heterocycles. The molecule has 0 fully saturated rings. The largest absolute Gasteiger partial charge is 0.492 e. The van der Waals surface area contributed by atoms with Crippen LogP contribution in [0.2, 0.25) is 0 Å². The van der Waals surface area contributed by atoms with Gasteiger partial charge in [0.2, 0.25) is 0 Å². The zero-order chi connectivity index (χ0) is 26.2. The number of hydrogen-bond donors (Lipinski definition) is 1. The number of rotatable bonds is 2. The summed E-state index contributed by atoms with van der Waals surface area (Å²) < 4.78 is 129. The van der Waals surface area contributed by atoms with E-state index < -0.39 is 59.5 Å². The molecule has 2 atom stereocenters. The minimum atomic E-state index is -5.42. The van der Waals surface area contributed by atoms with Crippen LogP contribution in [0.15, 0.2) is 41.6 Å². The zero-order valence-electron chi connectivity index (χ0n) is 17.8. The molecule has 35 heavy (non-hydrogen) atoms. The van der Waals surface area contributed by atoms with E-state index in [-0.39, 0.29) is 41.0 Å². The van der Waals surface area contributed by atoms with E-state index >= 15 is 0 Å². The summed E-state index contributed by atoms with van der Waals surface area (Å²) in [5, 5.41) is 13.2. The van der Waals surface area contributed by atoms with Crippen LogP contribution in [0.3, 0.4) is 0 Å². The van der Waals surface area contributed by atoms with Gasteiger partial charge in [-0.25, -0.2) is 0 Å². The number of nitrogens with zero attached hydrogens (tertiary/aromatic N) is 1. The van der Waals surface area contributed by atoms with Crippen molar-refractivity contribution in [3.05, 3.63) is 64.2 Å². The Morgan fingerprint density at radius 2 is 1.46 bits per heavy atom. The highest BCUT2D eigenvalue weighted by molar-refractivity contribution is 6.61. The van der Waals surface area contributed by atoms with E-state index in [9.17, 15) is 44.5 Å². The molecule has 2 aromatic carbocycles. The second-order valence-electron chi connectivity index (χ2n) is 8.71. The summed E-state index contributed by atoms with van der Waals surface area (Å²) in [5.74, 6) is 0. The minimum Gasteiger partial charge on any atom is -0.423 e. The van der Waals surface area contributed by atoms with Crippen molar-refractivity contribution in [3.63, 3.8) is 0 Å². The fraction of sp³-hybridized carbons (Fsp3) is 0.381. The normalized spacial score (nSPS) is 24.0. The van der Waals surface area contributed by atoms with Crippen molar-refractivity contribution < 1.29 is 54.0 Å². The van der Waals surface area contributed by atoms with Gasteiger partial charge in [-0.2, -0.15) is 39.5 Å². The van der Waals surface area contributed by atoms with Gasteiger partial charge >= 0.3 is 25.6 Å². The fourth-order valence-electron chi connectivity index (χ4n) is 4.33. The molecule has 0 saturated carbocycles. The van der Waals surface area contributed by atoms with Crippen LogP contribution in [-0.2, 0) is 32.9 Å². The smallest absolute Gasteiger partial charge is 0.423 e. The predicted molar refractivity (Wildman–Crippen MR) is 105 cm³/mol. The Bertz CT molecular complexity index is 1160. The third-order valence-corrected chi connectivity index (χ3v) is 6.07. The number of fused-ring (bicyclic) bond motifs is 1. The zero-order valence-corrected chi connectivity index (χ0v) is 17.8. The number of oxime groups is 1. The molecule has 0 radical (unpaired) electrons. The highest BCUT2D eigenvalue weighted by Gasteiger charge is 2.65. The van der Waals surface area contributed by atoms with Crippen LogP contribution in [0.4, 0.5) is 39.5 Å². The monoisotopic (exact) mass is 511 g/mol. The van der Waals surface area contributed by atoms with Crippen molar-refractivity contribution in [2.24, 2.45) is 5.16 Å². The second-order valence-corrected chi connectivity index (χ2v) is 8.71. The Kier molecular flexibility index (Phi) is 5.53. The number of halogens is 9. The Labute approximate surface area is 192 Å². The lowest BCUT2D eigenvalue weighted by atomic mass is 9.71. The van der Waals surface area contributed by atoms with Gasteiger partial charge in [0.25, 0.3) is 0 Å².